The molecule has 0 saturated carbocycles. The van der Waals surface area contributed by atoms with Crippen molar-refractivity contribution < 1.29 is 4.79 Å². The first-order chi connectivity index (χ1) is 11.1. The molecule has 1 amide bonds. The maximum atomic E-state index is 11.9. The van der Waals surface area contributed by atoms with Crippen molar-refractivity contribution in [2.45, 2.75) is 12.8 Å². The Kier molecular flexibility index (Phi) is 4.05. The zero-order valence-electron chi connectivity index (χ0n) is 12.6. The largest absolute Gasteiger partial charge is 0.350 e. The number of anilines is 1. The first-order valence-corrected chi connectivity index (χ1v) is 7.12. The van der Waals surface area contributed by atoms with Crippen molar-refractivity contribution in [3.8, 4) is 5.69 Å². The predicted molar refractivity (Wildman–Crippen MR) is 84.3 cm³/mol. The van der Waals surface area contributed by atoms with E-state index in [-0.39, 0.29) is 11.6 Å². The van der Waals surface area contributed by atoms with E-state index in [2.05, 4.69) is 20.4 Å². The van der Waals surface area contributed by atoms with Crippen LogP contribution in [0.4, 0.5) is 5.69 Å². The fourth-order valence-electron chi connectivity index (χ4n) is 2.13. The second-order valence-electron chi connectivity index (χ2n) is 5.07. The highest BCUT2D eigenvalue weighted by Gasteiger charge is 2.07. The first-order valence-electron chi connectivity index (χ1n) is 7.12. The SMILES string of the molecule is Cn1cnn(-c2ccc(NC(=O)CCc3ncc[nH]3)cc2)c1=O. The van der Waals surface area contributed by atoms with Crippen LogP contribution in [-0.2, 0) is 18.3 Å². The molecule has 8 heteroatoms. The zero-order valence-corrected chi connectivity index (χ0v) is 12.6. The summed E-state index contributed by atoms with van der Waals surface area (Å²) in [5, 5.41) is 6.81. The van der Waals surface area contributed by atoms with Crippen LogP contribution in [0.25, 0.3) is 5.69 Å². The Morgan fingerprint density at radius 3 is 2.70 bits per heavy atom. The van der Waals surface area contributed by atoms with Crippen LogP contribution in [0, 0.1) is 0 Å². The standard InChI is InChI=1S/C15H16N6O2/c1-20-10-18-21(15(20)23)12-4-2-11(3-5-12)19-14(22)7-6-13-16-8-9-17-13/h2-5,8-10H,6-7H2,1H3,(H,16,17)(H,19,22). The van der Waals surface area contributed by atoms with Crippen LogP contribution in [0.3, 0.4) is 0 Å². The van der Waals surface area contributed by atoms with Crippen molar-refractivity contribution in [2.24, 2.45) is 7.05 Å². The lowest BCUT2D eigenvalue weighted by Gasteiger charge is -2.06. The maximum absolute atomic E-state index is 11.9. The van der Waals surface area contributed by atoms with Crippen molar-refractivity contribution >= 4 is 11.6 Å². The molecular weight excluding hydrogens is 296 g/mol. The van der Waals surface area contributed by atoms with E-state index >= 15 is 0 Å². The molecule has 2 aromatic heterocycles. The number of hydrogen-bond acceptors (Lipinski definition) is 4. The van der Waals surface area contributed by atoms with Gasteiger partial charge in [-0.1, -0.05) is 0 Å². The Hall–Kier alpha value is -3.16. The normalized spacial score (nSPS) is 10.7. The molecule has 0 aliphatic carbocycles. The highest BCUT2D eigenvalue weighted by molar-refractivity contribution is 5.90. The molecule has 2 heterocycles. The first kappa shape index (κ1) is 14.8. The molecule has 8 nitrogen and oxygen atoms in total. The van der Waals surface area contributed by atoms with Gasteiger partial charge in [-0.05, 0) is 24.3 Å². The monoisotopic (exact) mass is 312 g/mol. The molecule has 0 aliphatic heterocycles. The fourth-order valence-corrected chi connectivity index (χ4v) is 2.13. The van der Waals surface area contributed by atoms with E-state index in [4.69, 9.17) is 0 Å². The number of carbonyl (C=O) groups excluding carboxylic acids is 1. The molecule has 0 radical (unpaired) electrons. The summed E-state index contributed by atoms with van der Waals surface area (Å²) in [6.07, 6.45) is 5.74. The molecule has 2 N–H and O–H groups in total. The number of carbonyl (C=O) groups is 1. The van der Waals surface area contributed by atoms with E-state index in [0.717, 1.165) is 5.82 Å². The quantitative estimate of drug-likeness (QED) is 0.730. The van der Waals surface area contributed by atoms with Crippen molar-refractivity contribution in [3.63, 3.8) is 0 Å². The molecule has 0 fully saturated rings. The predicted octanol–water partition coefficient (Wildman–Crippen LogP) is 0.865. The van der Waals surface area contributed by atoms with Crippen molar-refractivity contribution in [3.05, 3.63) is 59.3 Å². The van der Waals surface area contributed by atoms with Crippen molar-refractivity contribution in [1.82, 2.24) is 24.3 Å². The summed E-state index contributed by atoms with van der Waals surface area (Å²) in [6, 6.07) is 6.94. The average Bonchev–Trinajstić information content (AvgIpc) is 3.18. The smallest absolute Gasteiger partial charge is 0.349 e. The molecule has 3 rings (SSSR count). The number of nitrogens with one attached hydrogen (secondary N) is 2. The van der Waals surface area contributed by atoms with Gasteiger partial charge in [-0.15, -0.1) is 0 Å². The molecule has 23 heavy (non-hydrogen) atoms. The van der Waals surface area contributed by atoms with Gasteiger partial charge in [0.15, 0.2) is 0 Å². The van der Waals surface area contributed by atoms with E-state index in [9.17, 15) is 9.59 Å². The highest BCUT2D eigenvalue weighted by Crippen LogP contribution is 2.12. The molecule has 0 spiro atoms. The van der Waals surface area contributed by atoms with Crippen molar-refractivity contribution in [1.29, 1.82) is 0 Å². The summed E-state index contributed by atoms with van der Waals surface area (Å²) in [7, 11) is 1.64. The van der Waals surface area contributed by atoms with E-state index in [0.29, 0.717) is 24.2 Å². The Balaban J connectivity index is 1.62. The van der Waals surface area contributed by atoms with Crippen LogP contribution in [0.1, 0.15) is 12.2 Å². The number of aryl methyl sites for hydroxylation is 2. The van der Waals surface area contributed by atoms with Crippen LogP contribution in [-0.4, -0.2) is 30.2 Å². The Morgan fingerprint density at radius 1 is 1.30 bits per heavy atom. The minimum absolute atomic E-state index is 0.0934. The van der Waals surface area contributed by atoms with Crippen molar-refractivity contribution in [2.75, 3.05) is 5.32 Å². The zero-order chi connectivity index (χ0) is 16.2. The Morgan fingerprint density at radius 2 is 2.09 bits per heavy atom. The van der Waals surface area contributed by atoms with Gasteiger partial charge >= 0.3 is 5.69 Å². The minimum atomic E-state index is -0.222. The third-order valence-electron chi connectivity index (χ3n) is 3.36. The number of rotatable bonds is 5. The van der Waals surface area contributed by atoms with Crippen LogP contribution >= 0.6 is 0 Å². The summed E-state index contributed by atoms with van der Waals surface area (Å²) >= 11 is 0. The fraction of sp³-hybridized carbons (Fsp3) is 0.200. The topological polar surface area (TPSA) is 97.6 Å². The molecule has 0 bridgehead atoms. The number of imidazole rings is 1. The van der Waals surface area contributed by atoms with Gasteiger partial charge in [0.05, 0.1) is 5.69 Å². The van der Waals surface area contributed by atoms with Crippen LogP contribution in [0.2, 0.25) is 0 Å². The Bertz CT molecular complexity index is 845. The van der Waals surface area contributed by atoms with Gasteiger partial charge in [-0.2, -0.15) is 9.78 Å². The lowest BCUT2D eigenvalue weighted by Crippen LogP contribution is -2.21. The molecule has 0 unspecified atom stereocenters. The molecule has 0 aliphatic rings. The summed E-state index contributed by atoms with van der Waals surface area (Å²) < 4.78 is 2.69. The highest BCUT2D eigenvalue weighted by atomic mass is 16.2. The average molecular weight is 312 g/mol. The number of aromatic nitrogens is 5. The van der Waals surface area contributed by atoms with Gasteiger partial charge in [-0.3, -0.25) is 9.36 Å². The van der Waals surface area contributed by atoms with Gasteiger partial charge in [0.25, 0.3) is 0 Å². The summed E-state index contributed by atoms with van der Waals surface area (Å²) in [5.41, 5.74) is 1.09. The molecular formula is C15H16N6O2. The number of nitrogens with zero attached hydrogens (tertiary/aromatic N) is 4. The number of benzene rings is 1. The third kappa shape index (κ3) is 3.37. The van der Waals surface area contributed by atoms with Gasteiger partial charge in [-0.25, -0.2) is 9.78 Å². The van der Waals surface area contributed by atoms with Crippen LogP contribution in [0.15, 0.2) is 47.8 Å². The number of amides is 1. The minimum Gasteiger partial charge on any atom is -0.349 e. The second kappa shape index (κ2) is 6.30. The summed E-state index contributed by atoms with van der Waals surface area (Å²) in [4.78, 5) is 30.7. The van der Waals surface area contributed by atoms with Gasteiger partial charge in [0, 0.05) is 38.0 Å². The number of hydrogen-bond donors (Lipinski definition) is 2. The maximum Gasteiger partial charge on any atom is 0.350 e. The Labute approximate surface area is 131 Å². The molecule has 0 saturated heterocycles. The van der Waals surface area contributed by atoms with Gasteiger partial charge in [0.2, 0.25) is 5.91 Å². The molecule has 0 atom stereocenters. The van der Waals surface area contributed by atoms with Crippen LogP contribution in [0.5, 0.6) is 0 Å². The number of aromatic amines is 1. The van der Waals surface area contributed by atoms with E-state index in [1.165, 1.54) is 15.6 Å². The third-order valence-corrected chi connectivity index (χ3v) is 3.36. The lowest BCUT2D eigenvalue weighted by molar-refractivity contribution is -0.116. The molecule has 118 valence electrons. The lowest BCUT2D eigenvalue weighted by atomic mass is 10.2. The molecule has 3 aromatic rings. The van der Waals surface area contributed by atoms with E-state index in [1.54, 1.807) is 43.7 Å². The van der Waals surface area contributed by atoms with Gasteiger partial charge < -0.3 is 10.3 Å². The van der Waals surface area contributed by atoms with Gasteiger partial charge in [0.1, 0.15) is 12.2 Å². The van der Waals surface area contributed by atoms with Crippen LogP contribution < -0.4 is 11.0 Å². The van der Waals surface area contributed by atoms with E-state index in [1.807, 2.05) is 0 Å². The van der Waals surface area contributed by atoms with E-state index < -0.39 is 0 Å². The number of H-pyrrole nitrogens is 1. The molecule has 1 aromatic carbocycles. The summed E-state index contributed by atoms with van der Waals surface area (Å²) in [6.45, 7) is 0. The second-order valence-corrected chi connectivity index (χ2v) is 5.07. The summed E-state index contributed by atoms with van der Waals surface area (Å²) in [5.74, 6) is 0.689.